The van der Waals surface area contributed by atoms with Crippen molar-refractivity contribution in [2.45, 2.75) is 90.5 Å². The largest absolute Gasteiger partial charge is 0.373 e. The Morgan fingerprint density at radius 2 is 1.59 bits per heavy atom. The van der Waals surface area contributed by atoms with E-state index >= 15 is 0 Å². The van der Waals surface area contributed by atoms with E-state index < -0.39 is 0 Å². The number of likely N-dealkylation sites (tertiary alicyclic amines) is 1. The summed E-state index contributed by atoms with van der Waals surface area (Å²) in [5.41, 5.74) is 0. The van der Waals surface area contributed by atoms with Gasteiger partial charge in [0.15, 0.2) is 0 Å². The minimum absolute atomic E-state index is 0.00808. The van der Waals surface area contributed by atoms with E-state index in [2.05, 4.69) is 42.8 Å². The summed E-state index contributed by atoms with van der Waals surface area (Å²) in [5, 5.41) is 3.32. The van der Waals surface area contributed by atoms with E-state index in [1.54, 1.807) is 0 Å². The maximum absolute atomic E-state index is 12.7. The number of morpholine rings is 1. The second-order valence-corrected chi connectivity index (χ2v) is 9.60. The normalized spacial score (nSPS) is 35.7. The number of amides is 1. The van der Waals surface area contributed by atoms with Crippen LogP contribution in [0.2, 0.25) is 0 Å². The molecule has 3 unspecified atom stereocenters. The van der Waals surface area contributed by atoms with Crippen LogP contribution in [-0.4, -0.2) is 72.7 Å². The molecule has 5 nitrogen and oxygen atoms in total. The highest BCUT2D eigenvalue weighted by Crippen LogP contribution is 2.25. The first-order valence-electron chi connectivity index (χ1n) is 11.3. The van der Waals surface area contributed by atoms with Gasteiger partial charge in [-0.1, -0.05) is 6.92 Å². The van der Waals surface area contributed by atoms with Crippen molar-refractivity contribution < 1.29 is 9.53 Å². The zero-order valence-corrected chi connectivity index (χ0v) is 18.0. The first-order valence-corrected chi connectivity index (χ1v) is 11.3. The molecule has 1 saturated carbocycles. The van der Waals surface area contributed by atoms with Crippen molar-refractivity contribution >= 4 is 5.91 Å². The highest BCUT2D eigenvalue weighted by molar-refractivity contribution is 5.81. The highest BCUT2D eigenvalue weighted by Gasteiger charge is 2.30. The lowest BCUT2D eigenvalue weighted by molar-refractivity contribution is -0.127. The number of carbonyl (C=O) groups excluding carboxylic acids is 1. The van der Waals surface area contributed by atoms with Gasteiger partial charge in [0.2, 0.25) is 5.91 Å². The van der Waals surface area contributed by atoms with Crippen molar-refractivity contribution in [3.63, 3.8) is 0 Å². The predicted molar refractivity (Wildman–Crippen MR) is 110 cm³/mol. The van der Waals surface area contributed by atoms with Gasteiger partial charge in [-0.05, 0) is 84.2 Å². The molecule has 0 bridgehead atoms. The Bertz CT molecular complexity index is 460. The summed E-state index contributed by atoms with van der Waals surface area (Å²) >= 11 is 0. The van der Waals surface area contributed by atoms with Crippen LogP contribution in [0.5, 0.6) is 0 Å². The third kappa shape index (κ3) is 6.16. The average Bonchev–Trinajstić information content (AvgIpc) is 2.63. The van der Waals surface area contributed by atoms with E-state index in [9.17, 15) is 4.79 Å². The smallest absolute Gasteiger partial charge is 0.237 e. The standard InChI is InChI=1S/C22H41N3O2/c1-16-5-7-21(8-6-16)23-22(26)19(4)25-11-9-20(10-12-25)15-24-13-17(2)27-18(3)14-24/h16-21H,5-15H2,1-4H3,(H,23,26). The molecule has 5 heteroatoms. The maximum Gasteiger partial charge on any atom is 0.237 e. The van der Waals surface area contributed by atoms with Crippen LogP contribution in [0.3, 0.4) is 0 Å². The van der Waals surface area contributed by atoms with Crippen LogP contribution in [0.4, 0.5) is 0 Å². The Morgan fingerprint density at radius 1 is 1.00 bits per heavy atom. The predicted octanol–water partition coefficient (Wildman–Crippen LogP) is 2.89. The van der Waals surface area contributed by atoms with Crippen LogP contribution >= 0.6 is 0 Å². The van der Waals surface area contributed by atoms with Gasteiger partial charge in [0.25, 0.3) is 0 Å². The molecule has 3 atom stereocenters. The number of hydrogen-bond donors (Lipinski definition) is 1. The molecule has 1 amide bonds. The summed E-state index contributed by atoms with van der Waals surface area (Å²) in [5.74, 6) is 1.82. The van der Waals surface area contributed by atoms with Gasteiger partial charge >= 0.3 is 0 Å². The molecule has 0 aromatic carbocycles. The number of hydrogen-bond acceptors (Lipinski definition) is 4. The second kappa shape index (κ2) is 9.71. The zero-order valence-electron chi connectivity index (χ0n) is 18.0. The topological polar surface area (TPSA) is 44.8 Å². The molecule has 0 spiro atoms. The summed E-state index contributed by atoms with van der Waals surface area (Å²) < 4.78 is 5.85. The van der Waals surface area contributed by atoms with E-state index in [4.69, 9.17) is 4.74 Å². The molecule has 1 N–H and O–H groups in total. The zero-order chi connectivity index (χ0) is 19.4. The molecule has 0 aromatic heterocycles. The Kier molecular flexibility index (Phi) is 7.57. The number of ether oxygens (including phenoxy) is 1. The maximum atomic E-state index is 12.7. The van der Waals surface area contributed by atoms with Gasteiger partial charge in [-0.3, -0.25) is 14.6 Å². The lowest BCUT2D eigenvalue weighted by atomic mass is 9.87. The average molecular weight is 380 g/mol. The molecule has 3 fully saturated rings. The van der Waals surface area contributed by atoms with Crippen molar-refractivity contribution in [1.29, 1.82) is 0 Å². The van der Waals surface area contributed by atoms with Crippen molar-refractivity contribution in [3.8, 4) is 0 Å². The summed E-state index contributed by atoms with van der Waals surface area (Å²) in [4.78, 5) is 17.7. The number of nitrogens with zero attached hydrogens (tertiary/aromatic N) is 2. The fourth-order valence-electron chi connectivity index (χ4n) is 5.21. The molecule has 2 heterocycles. The lowest BCUT2D eigenvalue weighted by Crippen LogP contribution is -2.52. The summed E-state index contributed by atoms with van der Waals surface area (Å²) in [6.07, 6.45) is 7.92. The number of piperidine rings is 1. The molecule has 3 rings (SSSR count). The molecule has 156 valence electrons. The van der Waals surface area contributed by atoms with Crippen LogP contribution in [0, 0.1) is 11.8 Å². The van der Waals surface area contributed by atoms with Gasteiger partial charge in [-0.25, -0.2) is 0 Å². The van der Waals surface area contributed by atoms with E-state index in [0.717, 1.165) is 50.9 Å². The van der Waals surface area contributed by atoms with Crippen LogP contribution < -0.4 is 5.32 Å². The van der Waals surface area contributed by atoms with Crippen LogP contribution in [0.15, 0.2) is 0 Å². The summed E-state index contributed by atoms with van der Waals surface area (Å²) in [6, 6.07) is 0.410. The summed E-state index contributed by atoms with van der Waals surface area (Å²) in [7, 11) is 0. The molecule has 1 aliphatic carbocycles. The molecule has 0 aromatic rings. The first-order chi connectivity index (χ1) is 12.9. The Balaban J connectivity index is 1.38. The van der Waals surface area contributed by atoms with Crippen LogP contribution in [0.25, 0.3) is 0 Å². The van der Waals surface area contributed by atoms with Gasteiger partial charge in [-0.2, -0.15) is 0 Å². The SMILES string of the molecule is CC1CCC(NC(=O)C(C)N2CCC(CN3CC(C)OC(C)C3)CC2)CC1. The van der Waals surface area contributed by atoms with E-state index in [1.807, 2.05) is 0 Å². The molecule has 2 aliphatic heterocycles. The molecular formula is C22H41N3O2. The Labute approximate surface area is 166 Å². The van der Waals surface area contributed by atoms with Crippen molar-refractivity contribution in [2.24, 2.45) is 11.8 Å². The Morgan fingerprint density at radius 3 is 2.19 bits per heavy atom. The van der Waals surface area contributed by atoms with E-state index in [0.29, 0.717) is 18.2 Å². The van der Waals surface area contributed by atoms with Crippen LogP contribution in [-0.2, 0) is 9.53 Å². The Hall–Kier alpha value is -0.650. The van der Waals surface area contributed by atoms with E-state index in [-0.39, 0.29) is 11.9 Å². The molecule has 2 saturated heterocycles. The summed E-state index contributed by atoms with van der Waals surface area (Å²) in [6.45, 7) is 14.2. The van der Waals surface area contributed by atoms with Crippen molar-refractivity contribution in [2.75, 3.05) is 32.7 Å². The fraction of sp³-hybridized carbons (Fsp3) is 0.955. The van der Waals surface area contributed by atoms with Crippen LogP contribution in [0.1, 0.15) is 66.2 Å². The van der Waals surface area contributed by atoms with Gasteiger partial charge in [0.05, 0.1) is 18.2 Å². The van der Waals surface area contributed by atoms with Crippen molar-refractivity contribution in [3.05, 3.63) is 0 Å². The number of nitrogens with one attached hydrogen (secondary N) is 1. The van der Waals surface area contributed by atoms with Gasteiger partial charge < -0.3 is 10.1 Å². The third-order valence-electron chi connectivity index (χ3n) is 6.95. The monoisotopic (exact) mass is 379 g/mol. The van der Waals surface area contributed by atoms with E-state index in [1.165, 1.54) is 32.2 Å². The molecular weight excluding hydrogens is 338 g/mol. The van der Waals surface area contributed by atoms with Crippen molar-refractivity contribution in [1.82, 2.24) is 15.1 Å². The first kappa shape index (κ1) is 21.1. The van der Waals surface area contributed by atoms with Gasteiger partial charge in [-0.15, -0.1) is 0 Å². The van der Waals surface area contributed by atoms with Gasteiger partial charge in [0, 0.05) is 25.7 Å². The minimum Gasteiger partial charge on any atom is -0.373 e. The molecule has 3 aliphatic rings. The third-order valence-corrected chi connectivity index (χ3v) is 6.95. The quantitative estimate of drug-likeness (QED) is 0.798. The lowest BCUT2D eigenvalue weighted by Gasteiger charge is -2.40. The fourth-order valence-corrected chi connectivity index (χ4v) is 5.21. The number of rotatable bonds is 5. The number of carbonyl (C=O) groups is 1. The van der Waals surface area contributed by atoms with Gasteiger partial charge in [0.1, 0.15) is 0 Å². The minimum atomic E-state index is 0.00808. The molecule has 0 radical (unpaired) electrons. The molecule has 27 heavy (non-hydrogen) atoms. The highest BCUT2D eigenvalue weighted by atomic mass is 16.5. The second-order valence-electron chi connectivity index (χ2n) is 9.60.